The predicted molar refractivity (Wildman–Crippen MR) is 232 cm³/mol. The van der Waals surface area contributed by atoms with Crippen LogP contribution in [-0.4, -0.2) is 139 Å². The van der Waals surface area contributed by atoms with Gasteiger partial charge in [0.2, 0.25) is 11.9 Å². The lowest BCUT2D eigenvalue weighted by molar-refractivity contribution is -0.126. The number of rotatable bonds is 6. The van der Waals surface area contributed by atoms with E-state index < -0.39 is 11.1 Å². The molecule has 4 aliphatic rings. The average molecular weight is 807 g/mol. The number of imidazole rings is 2. The molecule has 16 heteroatoms. The number of piperazine rings is 2. The lowest BCUT2D eigenvalue weighted by Gasteiger charge is -2.53. The van der Waals surface area contributed by atoms with E-state index in [0.717, 1.165) is 84.8 Å². The van der Waals surface area contributed by atoms with E-state index in [9.17, 15) is 9.59 Å². The van der Waals surface area contributed by atoms with Crippen molar-refractivity contribution in [1.82, 2.24) is 48.8 Å². The third-order valence-electron chi connectivity index (χ3n) is 12.6. The van der Waals surface area contributed by atoms with E-state index in [1.165, 1.54) is 0 Å². The molecule has 60 heavy (non-hydrogen) atoms. The highest BCUT2D eigenvalue weighted by Crippen LogP contribution is 2.43. The molecule has 4 aromatic heterocycles. The van der Waals surface area contributed by atoms with Crippen molar-refractivity contribution in [2.24, 2.45) is 0 Å². The van der Waals surface area contributed by atoms with Gasteiger partial charge < -0.3 is 29.4 Å². The molecule has 0 spiro atoms. The summed E-state index contributed by atoms with van der Waals surface area (Å²) in [4.78, 5) is 67.1. The minimum atomic E-state index is -0.600. The number of amides is 2. The summed E-state index contributed by atoms with van der Waals surface area (Å²) in [6.45, 7) is 8.81. The van der Waals surface area contributed by atoms with Crippen molar-refractivity contribution in [2.45, 2.75) is 37.8 Å². The summed E-state index contributed by atoms with van der Waals surface area (Å²) in [5.74, 6) is 4.51. The fourth-order valence-electron chi connectivity index (χ4n) is 9.27. The molecule has 2 amide bonds. The minimum Gasteiger partial charge on any atom is -0.338 e. The van der Waals surface area contributed by atoms with E-state index in [1.807, 2.05) is 96.3 Å². The SMILES string of the molecule is CC[C@@]12CN(C)CCN1c1nc(-n3ccnc3-c3ccccc3)ncc1N(C)C2=O.CC[C@]12CN(C)CCN1c1nc(-n3ccnc3-c3ccccc3)ncc1N(C)C2=O. The fraction of sp³-hybridized carbons (Fsp3) is 0.364. The Labute approximate surface area is 349 Å². The van der Waals surface area contributed by atoms with Crippen molar-refractivity contribution in [3.8, 4) is 34.7 Å². The largest absolute Gasteiger partial charge is 0.338 e. The van der Waals surface area contributed by atoms with E-state index in [1.54, 1.807) is 34.6 Å². The molecule has 2 fully saturated rings. The zero-order valence-electron chi connectivity index (χ0n) is 35.0. The number of nitrogens with zero attached hydrogens (tertiary/aromatic N) is 14. The van der Waals surface area contributed by atoms with Crippen molar-refractivity contribution >= 4 is 34.8 Å². The van der Waals surface area contributed by atoms with E-state index in [2.05, 4.69) is 67.5 Å². The number of benzene rings is 2. The molecule has 0 unspecified atom stereocenters. The van der Waals surface area contributed by atoms with Gasteiger partial charge in [0.25, 0.3) is 11.8 Å². The van der Waals surface area contributed by atoms with Crippen LogP contribution in [0.5, 0.6) is 0 Å². The third kappa shape index (κ3) is 6.20. The Bertz CT molecular complexity index is 2370. The van der Waals surface area contributed by atoms with Crippen LogP contribution in [0.3, 0.4) is 0 Å². The molecule has 16 nitrogen and oxygen atoms in total. The van der Waals surface area contributed by atoms with Crippen LogP contribution in [0.15, 0.2) is 97.8 Å². The third-order valence-corrected chi connectivity index (χ3v) is 12.6. The van der Waals surface area contributed by atoms with Crippen molar-refractivity contribution in [2.75, 3.05) is 87.1 Å². The summed E-state index contributed by atoms with van der Waals surface area (Å²) in [5, 5.41) is 0. The summed E-state index contributed by atoms with van der Waals surface area (Å²) in [7, 11) is 7.78. The molecule has 0 aliphatic carbocycles. The lowest BCUT2D eigenvalue weighted by Crippen LogP contribution is -2.70. The van der Waals surface area contributed by atoms with E-state index in [0.29, 0.717) is 25.0 Å². The van der Waals surface area contributed by atoms with Gasteiger partial charge in [0.15, 0.2) is 11.6 Å². The first-order valence-corrected chi connectivity index (χ1v) is 20.5. The molecule has 8 heterocycles. The topological polar surface area (TPSA) is 141 Å². The maximum Gasteiger partial charge on any atom is 0.254 e. The number of carbonyl (C=O) groups is 2. The molecule has 2 saturated heterocycles. The predicted octanol–water partition coefficient (Wildman–Crippen LogP) is 4.41. The average Bonchev–Trinajstić information content (AvgIpc) is 3.99. The van der Waals surface area contributed by atoms with E-state index >= 15 is 0 Å². The normalized spacial score (nSPS) is 21.5. The summed E-state index contributed by atoms with van der Waals surface area (Å²) < 4.78 is 3.80. The highest BCUT2D eigenvalue weighted by molar-refractivity contribution is 6.08. The Morgan fingerprint density at radius 1 is 0.550 bits per heavy atom. The van der Waals surface area contributed by atoms with Gasteiger partial charge in [-0.2, -0.15) is 9.97 Å². The Morgan fingerprint density at radius 2 is 0.950 bits per heavy atom. The second kappa shape index (κ2) is 15.3. The molecule has 2 aromatic carbocycles. The highest BCUT2D eigenvalue weighted by Gasteiger charge is 2.53. The quantitative estimate of drug-likeness (QED) is 0.236. The molecule has 2 atom stereocenters. The molecule has 6 aromatic rings. The minimum absolute atomic E-state index is 0.105. The van der Waals surface area contributed by atoms with Crippen LogP contribution >= 0.6 is 0 Å². The van der Waals surface area contributed by atoms with Crippen molar-refractivity contribution in [1.29, 1.82) is 0 Å². The number of likely N-dealkylation sites (N-methyl/N-ethyl adjacent to an activating group) is 4. The first-order chi connectivity index (χ1) is 29.1. The molecule has 10 rings (SSSR count). The zero-order valence-corrected chi connectivity index (χ0v) is 35.0. The van der Waals surface area contributed by atoms with Crippen LogP contribution in [0, 0.1) is 0 Å². The summed E-state index contributed by atoms with van der Waals surface area (Å²) >= 11 is 0. The van der Waals surface area contributed by atoms with Gasteiger partial charge in [-0.05, 0) is 26.9 Å². The van der Waals surface area contributed by atoms with Crippen LogP contribution in [0.2, 0.25) is 0 Å². The maximum absolute atomic E-state index is 13.4. The fourth-order valence-corrected chi connectivity index (χ4v) is 9.27. The van der Waals surface area contributed by atoms with Crippen LogP contribution in [0.25, 0.3) is 34.7 Å². The van der Waals surface area contributed by atoms with Gasteiger partial charge in [-0.1, -0.05) is 74.5 Å². The number of carbonyl (C=O) groups excluding carboxylic acids is 2. The smallest absolute Gasteiger partial charge is 0.254 e. The van der Waals surface area contributed by atoms with Crippen LogP contribution < -0.4 is 19.6 Å². The van der Waals surface area contributed by atoms with Gasteiger partial charge in [-0.3, -0.25) is 18.7 Å². The second-order valence-corrected chi connectivity index (χ2v) is 16.0. The van der Waals surface area contributed by atoms with Crippen LogP contribution in [0.4, 0.5) is 23.0 Å². The monoisotopic (exact) mass is 806 g/mol. The molecular formula is C44H50N14O2. The first-order valence-electron chi connectivity index (χ1n) is 20.5. The van der Waals surface area contributed by atoms with Crippen molar-refractivity contribution < 1.29 is 9.59 Å². The first kappa shape index (κ1) is 39.0. The molecule has 308 valence electrons. The summed E-state index contributed by atoms with van der Waals surface area (Å²) in [6, 6.07) is 20.0. The Morgan fingerprint density at radius 3 is 1.33 bits per heavy atom. The Hall–Kier alpha value is -6.52. The van der Waals surface area contributed by atoms with Gasteiger partial charge in [-0.25, -0.2) is 19.9 Å². The number of fused-ring (bicyclic) bond motifs is 6. The van der Waals surface area contributed by atoms with Gasteiger partial charge in [-0.15, -0.1) is 0 Å². The van der Waals surface area contributed by atoms with Crippen LogP contribution in [0.1, 0.15) is 26.7 Å². The molecule has 0 bridgehead atoms. The summed E-state index contributed by atoms with van der Waals surface area (Å²) in [6.07, 6.45) is 12.2. The number of aromatic nitrogens is 8. The van der Waals surface area contributed by atoms with Crippen molar-refractivity contribution in [3.05, 3.63) is 97.8 Å². The maximum atomic E-state index is 13.4. The van der Waals surface area contributed by atoms with Gasteiger partial charge >= 0.3 is 0 Å². The Kier molecular flexibility index (Phi) is 9.91. The standard InChI is InChI=1S/2C22H25N7O/c2*1-4-22-15-26(2)12-13-29(22)19-17(27(3)20(22)30)14-24-21(25-19)28-11-10-23-18(28)16-8-6-5-7-9-16/h2*5-11,14H,4,12-13,15H2,1-3H3/t2*22-/m10/s1. The molecular weight excluding hydrogens is 757 g/mol. The Balaban J connectivity index is 0.000000154. The lowest BCUT2D eigenvalue weighted by atomic mass is 9.87. The van der Waals surface area contributed by atoms with Crippen molar-refractivity contribution in [3.63, 3.8) is 0 Å². The van der Waals surface area contributed by atoms with E-state index in [4.69, 9.17) is 9.97 Å². The van der Waals surface area contributed by atoms with Crippen LogP contribution in [-0.2, 0) is 9.59 Å². The van der Waals surface area contributed by atoms with E-state index in [-0.39, 0.29) is 11.8 Å². The molecule has 0 N–H and O–H groups in total. The molecule has 0 radical (unpaired) electrons. The van der Waals surface area contributed by atoms with Gasteiger partial charge in [0, 0.05) is 89.3 Å². The second-order valence-electron chi connectivity index (χ2n) is 16.0. The number of anilines is 4. The molecule has 4 aliphatic heterocycles. The molecule has 0 saturated carbocycles. The summed E-state index contributed by atoms with van der Waals surface area (Å²) in [5.41, 5.74) is 2.30. The zero-order chi connectivity index (χ0) is 41.8. The number of hydrogen-bond acceptors (Lipinski definition) is 12. The number of hydrogen-bond donors (Lipinski definition) is 0. The van der Waals surface area contributed by atoms with Gasteiger partial charge in [0.1, 0.15) is 34.1 Å². The highest BCUT2D eigenvalue weighted by atomic mass is 16.2. The van der Waals surface area contributed by atoms with Gasteiger partial charge in [0.05, 0.1) is 12.4 Å².